The third-order valence-corrected chi connectivity index (χ3v) is 8.88. The zero-order valence-corrected chi connectivity index (χ0v) is 30.3. The number of fused-ring (bicyclic) bond motifs is 4. The Morgan fingerprint density at radius 3 is 1.88 bits per heavy atom. The molecule has 0 saturated carbocycles. The van der Waals surface area contributed by atoms with Crippen molar-refractivity contribution in [2.45, 2.75) is 40.7 Å². The van der Waals surface area contributed by atoms with Crippen molar-refractivity contribution >= 4 is 34.8 Å². The van der Waals surface area contributed by atoms with E-state index in [-0.39, 0.29) is 0 Å². The van der Waals surface area contributed by atoms with Crippen molar-refractivity contribution in [3.05, 3.63) is 180 Å². The van der Waals surface area contributed by atoms with Gasteiger partial charge in [0.15, 0.2) is 0 Å². The molecule has 1 heterocycles. The summed E-state index contributed by atoms with van der Waals surface area (Å²) in [7, 11) is 0. The van der Waals surface area contributed by atoms with E-state index in [0.717, 1.165) is 13.0 Å². The Kier molecular flexibility index (Phi) is 12.5. The number of anilines is 2. The highest BCUT2D eigenvalue weighted by Crippen LogP contribution is 2.46. The molecular weight excluding hydrogens is 611 g/mol. The molecule has 1 nitrogen and oxygen atoms in total. The maximum absolute atomic E-state index is 3.53. The first-order valence-corrected chi connectivity index (χ1v) is 18.2. The summed E-state index contributed by atoms with van der Waals surface area (Å²) in [6.07, 6.45) is 2.83. The first-order chi connectivity index (χ1) is 24.2. The Labute approximate surface area is 299 Å². The van der Waals surface area contributed by atoms with Crippen LogP contribution in [-0.2, 0) is 13.0 Å². The van der Waals surface area contributed by atoms with Gasteiger partial charge < -0.3 is 4.90 Å². The first kappa shape index (κ1) is 35.3. The zero-order chi connectivity index (χ0) is 34.6. The van der Waals surface area contributed by atoms with Crippen molar-refractivity contribution in [1.82, 2.24) is 0 Å². The minimum Gasteiger partial charge on any atom is -0.336 e. The van der Waals surface area contributed by atoms with Gasteiger partial charge in [0, 0.05) is 23.5 Å². The minimum atomic E-state index is 0.874. The average molecular weight is 658 g/mol. The standard InChI is InChI=1S/C36H27N.C8H10.C2H6.CH4S/c1-25-11-5-10-18-34(25)37-24-29-15-7-8-16-30(29)33-23-28(20-22-35(33)37)32-21-19-26-12-6-9-17-31(26)36(32)27-13-3-2-4-14-27;1-2-8-6-4-3-5-7-8;2*1-2/h2-23H,24H2,1H3;3-7H,2H2,1H3;1-2H3;2H,1H3. The fraction of sp³-hybridized carbons (Fsp3) is 0.149. The Balaban J connectivity index is 0.000000338. The Morgan fingerprint density at radius 1 is 0.531 bits per heavy atom. The van der Waals surface area contributed by atoms with E-state index in [9.17, 15) is 0 Å². The van der Waals surface area contributed by atoms with Gasteiger partial charge in [-0.2, -0.15) is 12.6 Å². The molecule has 1 aliphatic rings. The van der Waals surface area contributed by atoms with Crippen LogP contribution in [-0.4, -0.2) is 6.26 Å². The molecule has 0 atom stereocenters. The Morgan fingerprint density at radius 2 is 1.16 bits per heavy atom. The molecule has 0 spiro atoms. The molecule has 0 radical (unpaired) electrons. The van der Waals surface area contributed by atoms with Crippen LogP contribution in [0.5, 0.6) is 0 Å². The van der Waals surface area contributed by atoms with Crippen LogP contribution in [0, 0.1) is 6.92 Å². The Bertz CT molecular complexity index is 2080. The van der Waals surface area contributed by atoms with Gasteiger partial charge >= 0.3 is 0 Å². The van der Waals surface area contributed by atoms with Crippen molar-refractivity contribution in [2.24, 2.45) is 0 Å². The first-order valence-electron chi connectivity index (χ1n) is 17.3. The van der Waals surface area contributed by atoms with E-state index in [1.165, 1.54) is 72.2 Å². The normalized spacial score (nSPS) is 11.0. The van der Waals surface area contributed by atoms with Gasteiger partial charge in [-0.15, -0.1) is 0 Å². The molecule has 0 N–H and O–H groups in total. The SMILES string of the molecule is CC.CCc1ccccc1.CS.Cc1ccccc1N1Cc2ccccc2-c2cc(-c3ccc4ccccc4c3-c3ccccc3)ccc21. The molecule has 0 amide bonds. The van der Waals surface area contributed by atoms with E-state index in [0.29, 0.717) is 0 Å². The lowest BCUT2D eigenvalue weighted by Crippen LogP contribution is -2.22. The number of hydrogen-bond acceptors (Lipinski definition) is 2. The molecule has 7 aromatic carbocycles. The number of aryl methyl sites for hydroxylation is 2. The Hall–Kier alpha value is -5.05. The lowest BCUT2D eigenvalue weighted by atomic mass is 9.86. The summed E-state index contributed by atoms with van der Waals surface area (Å²) >= 11 is 3.53. The largest absolute Gasteiger partial charge is 0.336 e. The maximum atomic E-state index is 3.53. The zero-order valence-electron chi connectivity index (χ0n) is 29.4. The summed E-state index contributed by atoms with van der Waals surface area (Å²) < 4.78 is 0. The highest BCUT2D eigenvalue weighted by molar-refractivity contribution is 7.79. The van der Waals surface area contributed by atoms with Crippen LogP contribution in [0.25, 0.3) is 44.2 Å². The minimum absolute atomic E-state index is 0.874. The van der Waals surface area contributed by atoms with Crippen LogP contribution in [0.1, 0.15) is 37.5 Å². The molecular formula is C47H47NS. The van der Waals surface area contributed by atoms with E-state index in [4.69, 9.17) is 0 Å². The number of rotatable bonds is 4. The van der Waals surface area contributed by atoms with E-state index >= 15 is 0 Å². The molecule has 0 aromatic heterocycles. The van der Waals surface area contributed by atoms with Gasteiger partial charge in [0.1, 0.15) is 0 Å². The summed E-state index contributed by atoms with van der Waals surface area (Å²) in [5.41, 5.74) is 14.2. The molecule has 0 unspecified atom stereocenters. The predicted octanol–water partition coefficient (Wildman–Crippen LogP) is 13.6. The van der Waals surface area contributed by atoms with Crippen LogP contribution in [0.15, 0.2) is 164 Å². The average Bonchev–Trinajstić information content (AvgIpc) is 3.19. The highest BCUT2D eigenvalue weighted by Gasteiger charge is 2.25. The lowest BCUT2D eigenvalue weighted by molar-refractivity contribution is 0.955. The smallest absolute Gasteiger partial charge is 0.0494 e. The molecule has 7 aromatic rings. The third kappa shape index (κ3) is 7.82. The second kappa shape index (κ2) is 17.4. The number of benzene rings is 7. The number of nitrogens with zero attached hydrogens (tertiary/aromatic N) is 1. The quantitative estimate of drug-likeness (QED) is 0.184. The highest BCUT2D eigenvalue weighted by atomic mass is 32.1. The second-order valence-electron chi connectivity index (χ2n) is 11.7. The van der Waals surface area contributed by atoms with Crippen molar-refractivity contribution < 1.29 is 0 Å². The summed E-state index contributed by atoms with van der Waals surface area (Å²) in [6, 6.07) is 59.0. The van der Waals surface area contributed by atoms with Crippen molar-refractivity contribution in [2.75, 3.05) is 11.2 Å². The van der Waals surface area contributed by atoms with E-state index in [1.807, 2.05) is 19.9 Å². The number of thiol groups is 1. The molecule has 49 heavy (non-hydrogen) atoms. The van der Waals surface area contributed by atoms with E-state index < -0.39 is 0 Å². The predicted molar refractivity (Wildman–Crippen MR) is 219 cm³/mol. The van der Waals surface area contributed by atoms with Crippen molar-refractivity contribution in [1.29, 1.82) is 0 Å². The monoisotopic (exact) mass is 657 g/mol. The molecule has 0 fully saturated rings. The van der Waals surface area contributed by atoms with Gasteiger partial charge in [-0.3, -0.25) is 0 Å². The number of hydrogen-bond donors (Lipinski definition) is 1. The molecule has 0 aliphatic carbocycles. The fourth-order valence-corrected chi connectivity index (χ4v) is 6.55. The molecule has 0 bridgehead atoms. The second-order valence-corrected chi connectivity index (χ2v) is 11.7. The maximum Gasteiger partial charge on any atom is 0.0494 e. The van der Waals surface area contributed by atoms with E-state index in [1.54, 1.807) is 6.26 Å². The summed E-state index contributed by atoms with van der Waals surface area (Å²) in [4.78, 5) is 2.47. The van der Waals surface area contributed by atoms with Gasteiger partial charge in [0.25, 0.3) is 0 Å². The van der Waals surface area contributed by atoms with Gasteiger partial charge in [-0.05, 0) is 93.1 Å². The number of para-hydroxylation sites is 1. The van der Waals surface area contributed by atoms with Crippen molar-refractivity contribution in [3.63, 3.8) is 0 Å². The molecule has 8 rings (SSSR count). The van der Waals surface area contributed by atoms with Crippen LogP contribution >= 0.6 is 12.6 Å². The van der Waals surface area contributed by atoms with Crippen LogP contribution in [0.3, 0.4) is 0 Å². The van der Waals surface area contributed by atoms with Crippen LogP contribution < -0.4 is 4.90 Å². The third-order valence-electron chi connectivity index (χ3n) is 8.88. The van der Waals surface area contributed by atoms with Crippen LogP contribution in [0.4, 0.5) is 11.4 Å². The fourth-order valence-electron chi connectivity index (χ4n) is 6.55. The van der Waals surface area contributed by atoms with Gasteiger partial charge in [0.2, 0.25) is 0 Å². The van der Waals surface area contributed by atoms with E-state index in [2.05, 4.69) is 189 Å². The van der Waals surface area contributed by atoms with Crippen LogP contribution in [0.2, 0.25) is 0 Å². The summed E-state index contributed by atoms with van der Waals surface area (Å²) in [6.45, 7) is 9.24. The van der Waals surface area contributed by atoms with Gasteiger partial charge in [-0.25, -0.2) is 0 Å². The van der Waals surface area contributed by atoms with Gasteiger partial charge in [0.05, 0.1) is 0 Å². The summed E-state index contributed by atoms with van der Waals surface area (Å²) in [5, 5.41) is 2.55. The molecule has 2 heteroatoms. The topological polar surface area (TPSA) is 3.24 Å². The summed E-state index contributed by atoms with van der Waals surface area (Å²) in [5.74, 6) is 0. The van der Waals surface area contributed by atoms with Crippen molar-refractivity contribution in [3.8, 4) is 33.4 Å². The lowest BCUT2D eigenvalue weighted by Gasteiger charge is -2.34. The molecule has 246 valence electrons. The molecule has 1 aliphatic heterocycles. The molecule has 0 saturated heterocycles. The van der Waals surface area contributed by atoms with Gasteiger partial charge in [-0.1, -0.05) is 166 Å².